The number of carbonyl (C=O) groups is 1. The maximum absolute atomic E-state index is 12.6. The van der Waals surface area contributed by atoms with Gasteiger partial charge in [0, 0.05) is 19.1 Å². The number of aromatic nitrogens is 4. The third-order valence-electron chi connectivity index (χ3n) is 3.48. The van der Waals surface area contributed by atoms with Crippen molar-refractivity contribution in [3.8, 4) is 5.69 Å². The minimum Gasteiger partial charge on any atom is -0.337 e. The highest BCUT2D eigenvalue weighted by Gasteiger charge is 2.24. The van der Waals surface area contributed by atoms with Gasteiger partial charge in [-0.05, 0) is 35.4 Å². The van der Waals surface area contributed by atoms with Crippen LogP contribution >= 0.6 is 0 Å². The minimum absolute atomic E-state index is 0.0220. The van der Waals surface area contributed by atoms with Gasteiger partial charge in [0.1, 0.15) is 6.33 Å². The van der Waals surface area contributed by atoms with Crippen LogP contribution in [-0.2, 0) is 0 Å². The first-order valence-electron chi connectivity index (χ1n) is 6.63. The number of amides is 1. The molecule has 0 bridgehead atoms. The summed E-state index contributed by atoms with van der Waals surface area (Å²) in [5, 5.41) is 11.1. The summed E-state index contributed by atoms with van der Waals surface area (Å²) in [5.74, 6) is -0.0220. The van der Waals surface area contributed by atoms with Gasteiger partial charge in [-0.1, -0.05) is 12.1 Å². The molecule has 1 unspecified atom stereocenters. The molecular weight excluding hydrogens is 256 g/mol. The van der Waals surface area contributed by atoms with E-state index in [9.17, 15) is 4.79 Å². The fourth-order valence-electron chi connectivity index (χ4n) is 2.49. The van der Waals surface area contributed by atoms with Crippen molar-refractivity contribution in [1.29, 1.82) is 0 Å². The average Bonchev–Trinajstić information content (AvgIpc) is 3.00. The molecule has 0 aliphatic carbocycles. The minimum atomic E-state index is -0.0220. The molecule has 1 saturated heterocycles. The fraction of sp³-hybridized carbons (Fsp3) is 0.385. The lowest BCUT2D eigenvalue weighted by Crippen LogP contribution is -2.45. The Morgan fingerprint density at radius 2 is 2.20 bits per heavy atom. The van der Waals surface area contributed by atoms with E-state index in [-0.39, 0.29) is 11.9 Å². The predicted octanol–water partition coefficient (Wildman–Crippen LogP) is 0.226. The number of rotatable bonds is 2. The summed E-state index contributed by atoms with van der Waals surface area (Å²) in [4.78, 5) is 14.5. The van der Waals surface area contributed by atoms with Gasteiger partial charge in [-0.15, -0.1) is 5.10 Å². The molecule has 0 spiro atoms. The predicted molar refractivity (Wildman–Crippen MR) is 72.3 cm³/mol. The molecule has 2 aromatic rings. The monoisotopic (exact) mass is 272 g/mol. The van der Waals surface area contributed by atoms with Crippen molar-refractivity contribution in [2.24, 2.45) is 5.73 Å². The molecule has 1 aliphatic rings. The van der Waals surface area contributed by atoms with Crippen molar-refractivity contribution in [2.45, 2.75) is 18.9 Å². The van der Waals surface area contributed by atoms with E-state index >= 15 is 0 Å². The van der Waals surface area contributed by atoms with Crippen molar-refractivity contribution in [2.75, 3.05) is 13.1 Å². The van der Waals surface area contributed by atoms with E-state index in [1.165, 1.54) is 11.0 Å². The number of likely N-dealkylation sites (tertiary alicyclic amines) is 1. The Hall–Kier alpha value is -2.28. The van der Waals surface area contributed by atoms with Gasteiger partial charge >= 0.3 is 0 Å². The Morgan fingerprint density at radius 3 is 2.95 bits per heavy atom. The smallest absolute Gasteiger partial charge is 0.256 e. The topological polar surface area (TPSA) is 89.9 Å². The van der Waals surface area contributed by atoms with Crippen molar-refractivity contribution in [3.63, 3.8) is 0 Å². The SMILES string of the molecule is NC1CCCN(C(=O)c2ccccc2-n2cnnn2)C1. The lowest BCUT2D eigenvalue weighted by molar-refractivity contribution is 0.0708. The molecule has 7 heteroatoms. The molecule has 2 heterocycles. The van der Waals surface area contributed by atoms with Crippen molar-refractivity contribution in [3.05, 3.63) is 36.2 Å². The van der Waals surface area contributed by atoms with Crippen LogP contribution in [-0.4, -0.2) is 50.1 Å². The summed E-state index contributed by atoms with van der Waals surface area (Å²) < 4.78 is 1.50. The number of carbonyl (C=O) groups excluding carboxylic acids is 1. The van der Waals surface area contributed by atoms with Crippen LogP contribution in [0.5, 0.6) is 0 Å². The number of nitrogens with two attached hydrogens (primary N) is 1. The molecule has 1 atom stereocenters. The Balaban J connectivity index is 1.92. The van der Waals surface area contributed by atoms with Crippen molar-refractivity contribution >= 4 is 5.91 Å². The molecule has 3 rings (SSSR count). The van der Waals surface area contributed by atoms with Crippen molar-refractivity contribution in [1.82, 2.24) is 25.1 Å². The van der Waals surface area contributed by atoms with Gasteiger partial charge in [0.25, 0.3) is 5.91 Å². The largest absolute Gasteiger partial charge is 0.337 e. The second-order valence-corrected chi connectivity index (χ2v) is 4.93. The summed E-state index contributed by atoms with van der Waals surface area (Å²) in [5.41, 5.74) is 7.22. The van der Waals surface area contributed by atoms with E-state index < -0.39 is 0 Å². The molecule has 1 fully saturated rings. The lowest BCUT2D eigenvalue weighted by Gasteiger charge is -2.31. The summed E-state index contributed by atoms with van der Waals surface area (Å²) in [6.07, 6.45) is 3.40. The second-order valence-electron chi connectivity index (χ2n) is 4.93. The van der Waals surface area contributed by atoms with Gasteiger partial charge in [-0.25, -0.2) is 0 Å². The van der Waals surface area contributed by atoms with Crippen LogP contribution < -0.4 is 5.73 Å². The quantitative estimate of drug-likeness (QED) is 0.845. The van der Waals surface area contributed by atoms with Crippen LogP contribution in [0.25, 0.3) is 5.69 Å². The summed E-state index contributed by atoms with van der Waals surface area (Å²) in [7, 11) is 0. The molecule has 1 aliphatic heterocycles. The first-order valence-corrected chi connectivity index (χ1v) is 6.63. The number of para-hydroxylation sites is 1. The highest BCUT2D eigenvalue weighted by molar-refractivity contribution is 5.97. The number of tetrazole rings is 1. The van der Waals surface area contributed by atoms with Gasteiger partial charge in [-0.2, -0.15) is 4.68 Å². The molecule has 1 aromatic heterocycles. The van der Waals surface area contributed by atoms with E-state index in [0.29, 0.717) is 17.8 Å². The van der Waals surface area contributed by atoms with Crippen LogP contribution in [0.15, 0.2) is 30.6 Å². The second kappa shape index (κ2) is 5.38. The van der Waals surface area contributed by atoms with Gasteiger partial charge in [0.05, 0.1) is 11.3 Å². The molecule has 104 valence electrons. The molecule has 7 nitrogen and oxygen atoms in total. The summed E-state index contributed by atoms with van der Waals surface area (Å²) >= 11 is 0. The third kappa shape index (κ3) is 2.39. The molecule has 1 amide bonds. The summed E-state index contributed by atoms with van der Waals surface area (Å²) in [6.45, 7) is 1.35. The fourth-order valence-corrected chi connectivity index (χ4v) is 2.49. The van der Waals surface area contributed by atoms with E-state index in [2.05, 4.69) is 15.5 Å². The Kier molecular flexibility index (Phi) is 3.42. The highest BCUT2D eigenvalue weighted by Crippen LogP contribution is 2.18. The zero-order valence-corrected chi connectivity index (χ0v) is 11.0. The molecule has 2 N–H and O–H groups in total. The maximum Gasteiger partial charge on any atom is 0.256 e. The van der Waals surface area contributed by atoms with Crippen molar-refractivity contribution < 1.29 is 4.79 Å². The van der Waals surface area contributed by atoms with E-state index in [0.717, 1.165) is 19.4 Å². The highest BCUT2D eigenvalue weighted by atomic mass is 16.2. The molecular formula is C13H16N6O. The third-order valence-corrected chi connectivity index (χ3v) is 3.48. The molecule has 0 radical (unpaired) electrons. The van der Waals surface area contributed by atoms with Crippen LogP contribution in [0.4, 0.5) is 0 Å². The normalized spacial score (nSPS) is 19.1. The van der Waals surface area contributed by atoms with Crippen LogP contribution in [0.3, 0.4) is 0 Å². The molecule has 20 heavy (non-hydrogen) atoms. The van der Waals surface area contributed by atoms with Gasteiger partial charge in [-0.3, -0.25) is 4.79 Å². The Bertz CT molecular complexity index is 597. The molecule has 1 aromatic carbocycles. The average molecular weight is 272 g/mol. The van der Waals surface area contributed by atoms with Gasteiger partial charge in [0.2, 0.25) is 0 Å². The number of piperidine rings is 1. The standard InChI is InChI=1S/C13H16N6O/c14-10-4-3-7-18(8-10)13(20)11-5-1-2-6-12(11)19-9-15-16-17-19/h1-2,5-6,9-10H,3-4,7-8,14H2. The van der Waals surface area contributed by atoms with E-state index in [1.54, 1.807) is 11.0 Å². The lowest BCUT2D eigenvalue weighted by atomic mass is 10.0. The van der Waals surface area contributed by atoms with Gasteiger partial charge < -0.3 is 10.6 Å². The first kappa shape index (κ1) is 12.7. The van der Waals surface area contributed by atoms with Crippen LogP contribution in [0, 0.1) is 0 Å². The number of nitrogens with zero attached hydrogens (tertiary/aromatic N) is 5. The van der Waals surface area contributed by atoms with Crippen LogP contribution in [0.1, 0.15) is 23.2 Å². The molecule has 0 saturated carbocycles. The first-order chi connectivity index (χ1) is 9.75. The van der Waals surface area contributed by atoms with Crippen LogP contribution in [0.2, 0.25) is 0 Å². The Morgan fingerprint density at radius 1 is 1.35 bits per heavy atom. The number of hydrogen-bond donors (Lipinski definition) is 1. The number of benzene rings is 1. The maximum atomic E-state index is 12.6. The zero-order chi connectivity index (χ0) is 13.9. The number of hydrogen-bond acceptors (Lipinski definition) is 5. The zero-order valence-electron chi connectivity index (χ0n) is 11.0. The summed E-state index contributed by atoms with van der Waals surface area (Å²) in [6, 6.07) is 7.38. The van der Waals surface area contributed by atoms with Gasteiger partial charge in [0.15, 0.2) is 0 Å². The van der Waals surface area contributed by atoms with E-state index in [1.807, 2.05) is 18.2 Å². The van der Waals surface area contributed by atoms with E-state index in [4.69, 9.17) is 5.73 Å². The Labute approximate surface area is 116 Å².